The van der Waals surface area contributed by atoms with E-state index in [1.165, 1.54) is 0 Å². The maximum atomic E-state index is 8.47. The summed E-state index contributed by atoms with van der Waals surface area (Å²) in [7, 11) is 0. The minimum atomic E-state index is -0.438. The summed E-state index contributed by atoms with van der Waals surface area (Å²) in [5.74, 6) is 4.62. The quantitative estimate of drug-likeness (QED) is 0.286. The topological polar surface area (TPSA) is 71.0 Å². The van der Waals surface area contributed by atoms with Crippen LogP contribution in [-0.2, 0) is 0 Å². The predicted octanol–water partition coefficient (Wildman–Crippen LogP) is -0.307. The Morgan fingerprint density at radius 2 is 2.43 bits per heavy atom. The van der Waals surface area contributed by atoms with Crippen LogP contribution >= 0.6 is 0 Å². The number of nitrogens with zero attached hydrogens (tertiary/aromatic N) is 2. The van der Waals surface area contributed by atoms with Gasteiger partial charge in [0.15, 0.2) is 0 Å². The third kappa shape index (κ3) is 5.36. The summed E-state index contributed by atoms with van der Waals surface area (Å²) in [6.45, 7) is 1.91. The molecule has 0 aromatic carbocycles. The van der Waals surface area contributed by atoms with Gasteiger partial charge in [-0.1, -0.05) is 5.22 Å². The average molecular weight is 103 g/mol. The molecule has 0 aliphatic carbocycles. The van der Waals surface area contributed by atoms with Crippen LogP contribution < -0.4 is 5.84 Å². The second kappa shape index (κ2) is 3.55. The lowest BCUT2D eigenvalue weighted by atomic mass is 10.4. The molecule has 0 bridgehead atoms. The summed E-state index contributed by atoms with van der Waals surface area (Å²) in [5, 5.41) is 14.7. The molecule has 0 spiro atoms. The van der Waals surface area contributed by atoms with Crippen molar-refractivity contribution in [2.75, 3.05) is 6.54 Å². The second-order valence-electron chi connectivity index (χ2n) is 1.29. The SMILES string of the molecule is CC(O)CN=NN. The van der Waals surface area contributed by atoms with E-state index < -0.39 is 6.10 Å². The van der Waals surface area contributed by atoms with E-state index in [4.69, 9.17) is 5.11 Å². The van der Waals surface area contributed by atoms with Gasteiger partial charge in [-0.2, -0.15) is 5.11 Å². The molecule has 4 heteroatoms. The second-order valence-corrected chi connectivity index (χ2v) is 1.29. The smallest absolute Gasteiger partial charge is 0.0876 e. The van der Waals surface area contributed by atoms with Crippen molar-refractivity contribution in [2.24, 2.45) is 16.2 Å². The van der Waals surface area contributed by atoms with Gasteiger partial charge in [0.1, 0.15) is 0 Å². The largest absolute Gasteiger partial charge is 0.391 e. The van der Waals surface area contributed by atoms with Crippen LogP contribution in [0.4, 0.5) is 0 Å². The average Bonchev–Trinajstić information content (AvgIpc) is 1.61. The fourth-order valence-electron chi connectivity index (χ4n) is 0.165. The summed E-state index contributed by atoms with van der Waals surface area (Å²) in [4.78, 5) is 0. The fourth-order valence-corrected chi connectivity index (χ4v) is 0.165. The molecule has 1 atom stereocenters. The fraction of sp³-hybridized carbons (Fsp3) is 1.00. The molecule has 0 aliphatic rings. The Labute approximate surface area is 42.0 Å². The van der Waals surface area contributed by atoms with E-state index >= 15 is 0 Å². The molecule has 0 rings (SSSR count). The Kier molecular flexibility index (Phi) is 3.22. The van der Waals surface area contributed by atoms with Gasteiger partial charge < -0.3 is 10.9 Å². The van der Waals surface area contributed by atoms with Crippen molar-refractivity contribution in [1.82, 2.24) is 0 Å². The van der Waals surface area contributed by atoms with E-state index in [1.807, 2.05) is 0 Å². The molecule has 4 nitrogen and oxygen atoms in total. The first kappa shape index (κ1) is 6.36. The van der Waals surface area contributed by atoms with Gasteiger partial charge in [0.05, 0.1) is 12.6 Å². The lowest BCUT2D eigenvalue weighted by Gasteiger charge is -1.91. The third-order valence-corrected chi connectivity index (χ3v) is 0.428. The minimum absolute atomic E-state index is 0.288. The van der Waals surface area contributed by atoms with Crippen molar-refractivity contribution < 1.29 is 5.11 Å². The van der Waals surface area contributed by atoms with Crippen LogP contribution in [0.1, 0.15) is 6.92 Å². The number of rotatable bonds is 2. The molecule has 0 fully saturated rings. The molecule has 7 heavy (non-hydrogen) atoms. The summed E-state index contributed by atoms with van der Waals surface area (Å²) < 4.78 is 0. The third-order valence-electron chi connectivity index (χ3n) is 0.428. The van der Waals surface area contributed by atoms with Crippen LogP contribution in [0.25, 0.3) is 0 Å². The first-order chi connectivity index (χ1) is 3.27. The molecule has 0 saturated heterocycles. The van der Waals surface area contributed by atoms with Crippen molar-refractivity contribution in [2.45, 2.75) is 13.0 Å². The van der Waals surface area contributed by atoms with Crippen LogP contribution in [0.15, 0.2) is 10.3 Å². The van der Waals surface area contributed by atoms with Crippen molar-refractivity contribution in [3.63, 3.8) is 0 Å². The van der Waals surface area contributed by atoms with E-state index in [1.54, 1.807) is 6.92 Å². The van der Waals surface area contributed by atoms with Gasteiger partial charge in [0.25, 0.3) is 0 Å². The number of nitrogens with two attached hydrogens (primary N) is 1. The number of aliphatic hydroxyl groups excluding tert-OH is 1. The van der Waals surface area contributed by atoms with Crippen molar-refractivity contribution in [1.29, 1.82) is 0 Å². The first-order valence-corrected chi connectivity index (χ1v) is 2.02. The van der Waals surface area contributed by atoms with E-state index in [0.29, 0.717) is 0 Å². The van der Waals surface area contributed by atoms with Crippen molar-refractivity contribution in [3.05, 3.63) is 0 Å². The summed E-state index contributed by atoms with van der Waals surface area (Å²) in [6.07, 6.45) is -0.438. The van der Waals surface area contributed by atoms with Crippen LogP contribution in [-0.4, -0.2) is 17.8 Å². The van der Waals surface area contributed by atoms with E-state index in [-0.39, 0.29) is 6.54 Å². The summed E-state index contributed by atoms with van der Waals surface area (Å²) in [5.41, 5.74) is 0. The van der Waals surface area contributed by atoms with Gasteiger partial charge in [-0.3, -0.25) is 0 Å². The van der Waals surface area contributed by atoms with Crippen LogP contribution in [0, 0.1) is 0 Å². The Hall–Kier alpha value is -0.640. The Bertz CT molecular complexity index is 61.2. The molecule has 0 radical (unpaired) electrons. The van der Waals surface area contributed by atoms with E-state index in [9.17, 15) is 0 Å². The normalized spacial score (nSPS) is 15.1. The lowest BCUT2D eigenvalue weighted by Crippen LogP contribution is -2.03. The summed E-state index contributed by atoms with van der Waals surface area (Å²) >= 11 is 0. The number of hydrogen-bond acceptors (Lipinski definition) is 3. The highest BCUT2D eigenvalue weighted by molar-refractivity contribution is 4.44. The molecule has 0 aromatic rings. The van der Waals surface area contributed by atoms with Gasteiger partial charge in [-0.15, -0.1) is 0 Å². The van der Waals surface area contributed by atoms with Gasteiger partial charge in [0, 0.05) is 0 Å². The molecule has 0 aromatic heterocycles. The zero-order valence-corrected chi connectivity index (χ0v) is 4.20. The first-order valence-electron chi connectivity index (χ1n) is 2.02. The van der Waals surface area contributed by atoms with Crippen LogP contribution in [0.3, 0.4) is 0 Å². The molecule has 0 heterocycles. The van der Waals surface area contributed by atoms with E-state index in [2.05, 4.69) is 16.2 Å². The van der Waals surface area contributed by atoms with Crippen LogP contribution in [0.2, 0.25) is 0 Å². The predicted molar refractivity (Wildman–Crippen MR) is 25.6 cm³/mol. The van der Waals surface area contributed by atoms with E-state index in [0.717, 1.165) is 0 Å². The maximum absolute atomic E-state index is 8.47. The van der Waals surface area contributed by atoms with Crippen molar-refractivity contribution in [3.8, 4) is 0 Å². The zero-order chi connectivity index (χ0) is 5.70. The molecule has 1 unspecified atom stereocenters. The van der Waals surface area contributed by atoms with Gasteiger partial charge in [-0.25, -0.2) is 0 Å². The highest BCUT2D eigenvalue weighted by atomic mass is 16.3. The number of hydrogen-bond donors (Lipinski definition) is 2. The monoisotopic (exact) mass is 103 g/mol. The van der Waals surface area contributed by atoms with Gasteiger partial charge in [-0.05, 0) is 6.92 Å². The molecular weight excluding hydrogens is 94.1 g/mol. The highest BCUT2D eigenvalue weighted by Gasteiger charge is 1.87. The molecular formula is C3H9N3O. The zero-order valence-electron chi connectivity index (χ0n) is 4.20. The molecule has 0 aliphatic heterocycles. The Morgan fingerprint density at radius 3 is 2.57 bits per heavy atom. The summed E-state index contributed by atoms with van der Waals surface area (Å²) in [6, 6.07) is 0. The Balaban J connectivity index is 2.97. The molecule has 42 valence electrons. The highest BCUT2D eigenvalue weighted by Crippen LogP contribution is 1.78. The standard InChI is InChI=1S/C3H9N3O/c1-3(7)2-5-6-4/h3,7H,2H2,1H3,(H2,4,5). The lowest BCUT2D eigenvalue weighted by molar-refractivity contribution is 0.201. The molecule has 0 saturated carbocycles. The van der Waals surface area contributed by atoms with Gasteiger partial charge in [0.2, 0.25) is 0 Å². The van der Waals surface area contributed by atoms with Crippen molar-refractivity contribution >= 4 is 0 Å². The Morgan fingerprint density at radius 1 is 1.86 bits per heavy atom. The number of aliphatic hydroxyl groups is 1. The molecule has 3 N–H and O–H groups in total. The minimum Gasteiger partial charge on any atom is -0.391 e. The maximum Gasteiger partial charge on any atom is 0.0876 e. The molecule has 0 amide bonds. The van der Waals surface area contributed by atoms with Gasteiger partial charge >= 0.3 is 0 Å². The van der Waals surface area contributed by atoms with Crippen LogP contribution in [0.5, 0.6) is 0 Å².